The number of carbonyl (C=O) groups excluding carboxylic acids is 2. The number of hydrogen-bond acceptors (Lipinski definition) is 4. The van der Waals surface area contributed by atoms with Crippen molar-refractivity contribution in [1.82, 2.24) is 4.90 Å². The molecule has 4 heteroatoms. The molecule has 16 heavy (non-hydrogen) atoms. The van der Waals surface area contributed by atoms with Crippen molar-refractivity contribution in [3.8, 4) is 0 Å². The third-order valence-corrected chi connectivity index (χ3v) is 2.77. The first kappa shape index (κ1) is 12.8. The van der Waals surface area contributed by atoms with E-state index in [4.69, 9.17) is 0 Å². The number of nitrogens with zero attached hydrogens (tertiary/aromatic N) is 1. The van der Waals surface area contributed by atoms with E-state index >= 15 is 0 Å². The van der Waals surface area contributed by atoms with Crippen molar-refractivity contribution in [2.45, 2.75) is 25.0 Å². The maximum Gasteiger partial charge on any atom is 0.231 e. The van der Waals surface area contributed by atoms with Crippen LogP contribution in [0, 0.1) is 0 Å². The summed E-state index contributed by atoms with van der Waals surface area (Å²) in [6, 6.07) is -0.557. The highest BCUT2D eigenvalue weighted by Crippen LogP contribution is 2.27. The molecule has 1 aliphatic carbocycles. The van der Waals surface area contributed by atoms with Crippen molar-refractivity contribution in [1.29, 1.82) is 0 Å². The fourth-order valence-corrected chi connectivity index (χ4v) is 1.93. The average molecular weight is 223 g/mol. The molecule has 4 nitrogen and oxygen atoms in total. The van der Waals surface area contributed by atoms with Gasteiger partial charge >= 0.3 is 0 Å². The lowest BCUT2D eigenvalue weighted by atomic mass is 10.0. The first-order valence-corrected chi connectivity index (χ1v) is 5.21. The molecular weight excluding hydrogens is 206 g/mol. The first-order chi connectivity index (χ1) is 7.44. The molecule has 1 rings (SSSR count). The highest BCUT2D eigenvalue weighted by Gasteiger charge is 2.50. The maximum atomic E-state index is 11.7. The molecule has 2 atom stereocenters. The van der Waals surface area contributed by atoms with E-state index in [0.29, 0.717) is 13.1 Å². The number of rotatable bonds is 5. The van der Waals surface area contributed by atoms with Crippen LogP contribution in [0.4, 0.5) is 0 Å². The minimum Gasteiger partial charge on any atom is -0.382 e. The van der Waals surface area contributed by atoms with Gasteiger partial charge in [-0.25, -0.2) is 0 Å². The fraction of sp³-hybridized carbons (Fsp3) is 0.500. The van der Waals surface area contributed by atoms with E-state index in [9.17, 15) is 14.7 Å². The zero-order chi connectivity index (χ0) is 12.3. The van der Waals surface area contributed by atoms with Crippen LogP contribution in [0.3, 0.4) is 0 Å². The molecule has 1 aliphatic rings. The molecule has 0 saturated heterocycles. The van der Waals surface area contributed by atoms with Gasteiger partial charge in [-0.2, -0.15) is 0 Å². The summed E-state index contributed by atoms with van der Waals surface area (Å²) in [5.74, 6) is -1.22. The van der Waals surface area contributed by atoms with E-state index in [2.05, 4.69) is 13.2 Å². The molecule has 1 N–H and O–H groups in total. The van der Waals surface area contributed by atoms with E-state index < -0.39 is 23.2 Å². The van der Waals surface area contributed by atoms with Crippen LogP contribution in [-0.2, 0) is 9.59 Å². The molecular formula is C12H17NO3. The minimum absolute atomic E-state index is 0.145. The van der Waals surface area contributed by atoms with E-state index in [0.717, 1.165) is 0 Å². The van der Waals surface area contributed by atoms with Gasteiger partial charge in [-0.15, -0.1) is 13.2 Å². The Kier molecular flexibility index (Phi) is 3.78. The Morgan fingerprint density at radius 2 is 1.94 bits per heavy atom. The molecule has 0 amide bonds. The van der Waals surface area contributed by atoms with Gasteiger partial charge in [0.1, 0.15) is 5.60 Å². The molecule has 0 aromatic carbocycles. The molecule has 0 heterocycles. The van der Waals surface area contributed by atoms with Gasteiger partial charge in [-0.05, 0) is 6.92 Å². The van der Waals surface area contributed by atoms with Crippen LogP contribution in [0.15, 0.2) is 25.3 Å². The topological polar surface area (TPSA) is 57.6 Å². The molecule has 1 saturated carbocycles. The van der Waals surface area contributed by atoms with Gasteiger partial charge in [0.05, 0.1) is 6.04 Å². The zero-order valence-electron chi connectivity index (χ0n) is 9.48. The van der Waals surface area contributed by atoms with Gasteiger partial charge in [-0.1, -0.05) is 12.2 Å². The number of aliphatic hydroxyl groups is 1. The molecule has 1 fully saturated rings. The van der Waals surface area contributed by atoms with Crippen LogP contribution in [0.2, 0.25) is 0 Å². The lowest BCUT2D eigenvalue weighted by Crippen LogP contribution is -2.39. The second-order valence-corrected chi connectivity index (χ2v) is 4.22. The minimum atomic E-state index is -1.53. The lowest BCUT2D eigenvalue weighted by molar-refractivity contribution is -0.142. The Morgan fingerprint density at radius 1 is 1.44 bits per heavy atom. The quantitative estimate of drug-likeness (QED) is 0.539. The summed E-state index contributed by atoms with van der Waals surface area (Å²) in [6.45, 7) is 9.57. The van der Waals surface area contributed by atoms with Crippen molar-refractivity contribution in [3.05, 3.63) is 25.3 Å². The second kappa shape index (κ2) is 4.72. The Balaban J connectivity index is 2.87. The predicted molar refractivity (Wildman–Crippen MR) is 61.0 cm³/mol. The fourth-order valence-electron chi connectivity index (χ4n) is 1.93. The Labute approximate surface area is 95.2 Å². The smallest absolute Gasteiger partial charge is 0.231 e. The molecule has 0 spiro atoms. The monoisotopic (exact) mass is 223 g/mol. The molecule has 88 valence electrons. The van der Waals surface area contributed by atoms with Crippen LogP contribution in [0.5, 0.6) is 0 Å². The van der Waals surface area contributed by atoms with Crippen LogP contribution in [0.1, 0.15) is 13.3 Å². The molecule has 0 aromatic heterocycles. The van der Waals surface area contributed by atoms with Crippen molar-refractivity contribution < 1.29 is 14.7 Å². The van der Waals surface area contributed by atoms with Crippen molar-refractivity contribution in [2.75, 3.05) is 13.1 Å². The van der Waals surface area contributed by atoms with E-state index in [1.54, 1.807) is 17.1 Å². The highest BCUT2D eigenvalue weighted by molar-refractivity contribution is 6.44. The van der Waals surface area contributed by atoms with Gasteiger partial charge in [0, 0.05) is 19.5 Å². The van der Waals surface area contributed by atoms with Crippen LogP contribution >= 0.6 is 0 Å². The Hall–Kier alpha value is -1.26. The molecule has 0 bridgehead atoms. The van der Waals surface area contributed by atoms with Crippen LogP contribution in [0.25, 0.3) is 0 Å². The van der Waals surface area contributed by atoms with Gasteiger partial charge < -0.3 is 5.11 Å². The summed E-state index contributed by atoms with van der Waals surface area (Å²) in [5.41, 5.74) is -1.53. The van der Waals surface area contributed by atoms with Gasteiger partial charge in [0.2, 0.25) is 11.6 Å². The molecule has 2 unspecified atom stereocenters. The van der Waals surface area contributed by atoms with Gasteiger partial charge in [-0.3, -0.25) is 14.5 Å². The van der Waals surface area contributed by atoms with Crippen LogP contribution in [-0.4, -0.2) is 46.3 Å². The largest absolute Gasteiger partial charge is 0.382 e. The van der Waals surface area contributed by atoms with E-state index in [1.165, 1.54) is 6.92 Å². The molecule has 0 aliphatic heterocycles. The second-order valence-electron chi connectivity index (χ2n) is 4.22. The van der Waals surface area contributed by atoms with Crippen molar-refractivity contribution in [3.63, 3.8) is 0 Å². The van der Waals surface area contributed by atoms with Crippen molar-refractivity contribution >= 4 is 11.6 Å². The summed E-state index contributed by atoms with van der Waals surface area (Å²) < 4.78 is 0. The van der Waals surface area contributed by atoms with E-state index in [-0.39, 0.29) is 6.42 Å². The summed E-state index contributed by atoms with van der Waals surface area (Å²) in [6.07, 6.45) is 3.47. The van der Waals surface area contributed by atoms with Crippen molar-refractivity contribution in [2.24, 2.45) is 0 Å². The normalized spacial score (nSPS) is 29.8. The van der Waals surface area contributed by atoms with E-state index in [1.807, 2.05) is 0 Å². The number of carbonyl (C=O) groups is 2. The van der Waals surface area contributed by atoms with Gasteiger partial charge in [0.15, 0.2) is 0 Å². The Morgan fingerprint density at radius 3 is 2.25 bits per heavy atom. The first-order valence-electron chi connectivity index (χ1n) is 5.21. The summed E-state index contributed by atoms with van der Waals surface area (Å²) in [5, 5.41) is 9.74. The standard InChI is InChI=1S/C12H17NO3/c1-4-6-13(7-5-2)9-8-12(3,16)11(15)10(9)14/h4-5,9,16H,1-2,6-8H2,3H3. The number of ketones is 2. The third-order valence-electron chi connectivity index (χ3n) is 2.77. The maximum absolute atomic E-state index is 11.7. The lowest BCUT2D eigenvalue weighted by Gasteiger charge is -2.25. The Bertz CT molecular complexity index is 323. The summed E-state index contributed by atoms with van der Waals surface area (Å²) in [4.78, 5) is 24.9. The third kappa shape index (κ3) is 2.28. The average Bonchev–Trinajstić information content (AvgIpc) is 2.42. The number of hydrogen-bond donors (Lipinski definition) is 1. The molecule has 0 aromatic rings. The number of Topliss-reactive ketones (excluding diaryl/α,β-unsaturated/α-hetero) is 2. The zero-order valence-corrected chi connectivity index (χ0v) is 9.48. The van der Waals surface area contributed by atoms with Gasteiger partial charge in [0.25, 0.3) is 0 Å². The summed E-state index contributed by atoms with van der Waals surface area (Å²) in [7, 11) is 0. The summed E-state index contributed by atoms with van der Waals surface area (Å²) >= 11 is 0. The van der Waals surface area contributed by atoms with Crippen LogP contribution < -0.4 is 0 Å². The molecule has 0 radical (unpaired) electrons. The SMILES string of the molecule is C=CCN(CC=C)C1CC(C)(O)C(=O)C1=O. The predicted octanol–water partition coefficient (Wildman–Crippen LogP) is 0.322. The highest BCUT2D eigenvalue weighted by atomic mass is 16.3.